The molecule has 3 aromatic rings. The summed E-state index contributed by atoms with van der Waals surface area (Å²) in [5, 5.41) is 6.97. The van der Waals surface area contributed by atoms with Gasteiger partial charge in [0.15, 0.2) is 10.7 Å². The summed E-state index contributed by atoms with van der Waals surface area (Å²) in [5.41, 5.74) is 7.18. The van der Waals surface area contributed by atoms with Gasteiger partial charge in [-0.3, -0.25) is 4.79 Å². The lowest BCUT2D eigenvalue weighted by Crippen LogP contribution is -2.32. The maximum atomic E-state index is 12.8. The molecule has 0 aliphatic carbocycles. The van der Waals surface area contributed by atoms with Crippen molar-refractivity contribution >= 4 is 28.7 Å². The molecule has 0 aromatic carbocycles. The van der Waals surface area contributed by atoms with Crippen LogP contribution in [0.3, 0.4) is 0 Å². The highest BCUT2D eigenvalue weighted by Gasteiger charge is 2.18. The van der Waals surface area contributed by atoms with Crippen LogP contribution in [0, 0.1) is 0 Å². The third-order valence-corrected chi connectivity index (χ3v) is 4.38. The van der Waals surface area contributed by atoms with E-state index < -0.39 is 0 Å². The zero-order valence-electron chi connectivity index (χ0n) is 13.8. The molecular weight excluding hydrogens is 324 g/mol. The van der Waals surface area contributed by atoms with Gasteiger partial charge in [0.25, 0.3) is 5.91 Å². The van der Waals surface area contributed by atoms with Crippen LogP contribution in [0.2, 0.25) is 0 Å². The van der Waals surface area contributed by atoms with E-state index in [1.165, 1.54) is 15.9 Å². The molecule has 7 nitrogen and oxygen atoms in total. The first-order valence-electron chi connectivity index (χ1n) is 7.99. The molecule has 0 aliphatic heterocycles. The van der Waals surface area contributed by atoms with E-state index in [4.69, 9.17) is 5.73 Å². The number of hydrogen-bond acceptors (Lipinski definition) is 6. The van der Waals surface area contributed by atoms with Gasteiger partial charge in [0.1, 0.15) is 5.82 Å². The highest BCUT2D eigenvalue weighted by atomic mass is 32.1. The number of anilines is 1. The van der Waals surface area contributed by atoms with Gasteiger partial charge in [-0.1, -0.05) is 13.8 Å². The van der Waals surface area contributed by atoms with E-state index >= 15 is 0 Å². The number of amides is 1. The lowest BCUT2D eigenvalue weighted by atomic mass is 10.2. The van der Waals surface area contributed by atoms with Crippen molar-refractivity contribution in [3.63, 3.8) is 0 Å². The van der Waals surface area contributed by atoms with Crippen molar-refractivity contribution in [3.8, 4) is 10.8 Å². The smallest absolute Gasteiger partial charge is 0.254 e. The second kappa shape index (κ2) is 6.96. The zero-order valence-corrected chi connectivity index (χ0v) is 14.6. The topological polar surface area (TPSA) is 89.4 Å². The Bertz CT molecular complexity index is 836. The molecular formula is C16H20N6OS. The molecule has 8 heteroatoms. The summed E-state index contributed by atoms with van der Waals surface area (Å²) < 4.78 is 1.54. The van der Waals surface area contributed by atoms with Gasteiger partial charge in [-0.2, -0.15) is 4.52 Å². The second-order valence-corrected chi connectivity index (χ2v) is 6.40. The Kier molecular flexibility index (Phi) is 4.75. The first-order chi connectivity index (χ1) is 11.6. The number of nitrogen functional groups attached to an aromatic ring is 1. The highest BCUT2D eigenvalue weighted by Crippen LogP contribution is 2.21. The third kappa shape index (κ3) is 3.09. The van der Waals surface area contributed by atoms with Gasteiger partial charge >= 0.3 is 0 Å². The molecule has 0 atom stereocenters. The van der Waals surface area contributed by atoms with Gasteiger partial charge in [0.2, 0.25) is 5.82 Å². The summed E-state index contributed by atoms with van der Waals surface area (Å²) in [6, 6.07) is 3.40. The largest absolute Gasteiger partial charge is 0.384 e. The molecule has 0 saturated heterocycles. The summed E-state index contributed by atoms with van der Waals surface area (Å²) in [6.07, 6.45) is 3.54. The normalized spacial score (nSPS) is 11.1. The molecule has 0 saturated carbocycles. The maximum Gasteiger partial charge on any atom is 0.254 e. The number of fused-ring (bicyclic) bond motifs is 1. The van der Waals surface area contributed by atoms with E-state index in [-0.39, 0.29) is 5.91 Å². The van der Waals surface area contributed by atoms with Gasteiger partial charge < -0.3 is 10.6 Å². The summed E-state index contributed by atoms with van der Waals surface area (Å²) in [7, 11) is 0. The minimum atomic E-state index is -0.0216. The highest BCUT2D eigenvalue weighted by molar-refractivity contribution is 7.13. The molecule has 0 aliphatic rings. The van der Waals surface area contributed by atoms with Crippen molar-refractivity contribution in [3.05, 3.63) is 29.3 Å². The fourth-order valence-corrected chi connectivity index (χ4v) is 3.16. The molecule has 2 N–H and O–H groups in total. The fraction of sp³-hybridized carbons (Fsp3) is 0.375. The van der Waals surface area contributed by atoms with E-state index in [9.17, 15) is 4.79 Å². The van der Waals surface area contributed by atoms with Crippen LogP contribution >= 0.6 is 11.3 Å². The molecule has 3 aromatic heterocycles. The molecule has 0 fully saturated rings. The number of pyridine rings is 1. The Morgan fingerprint density at radius 2 is 2.04 bits per heavy atom. The number of carbonyl (C=O) groups excluding carboxylic acids is 1. The summed E-state index contributed by atoms with van der Waals surface area (Å²) in [5.74, 6) is 0.881. The first kappa shape index (κ1) is 16.4. The van der Waals surface area contributed by atoms with E-state index in [2.05, 4.69) is 28.9 Å². The van der Waals surface area contributed by atoms with Gasteiger partial charge in [-0.25, -0.2) is 9.97 Å². The standard InChI is InChI=1S/C16H20N6OS/c1-3-6-21(7-4-2)16(23)11-9-12(17)22-13(10-11)19-14(20-22)15-18-5-8-24-15/h5,8-10H,3-4,6-7,17H2,1-2H3. The van der Waals surface area contributed by atoms with Crippen LogP contribution < -0.4 is 5.73 Å². The zero-order chi connectivity index (χ0) is 17.1. The van der Waals surface area contributed by atoms with Crippen LogP contribution in [-0.2, 0) is 0 Å². The number of nitrogens with zero attached hydrogens (tertiary/aromatic N) is 5. The molecule has 24 heavy (non-hydrogen) atoms. The molecule has 0 spiro atoms. The van der Waals surface area contributed by atoms with Crippen LogP contribution in [0.5, 0.6) is 0 Å². The van der Waals surface area contributed by atoms with Crippen LogP contribution in [0.1, 0.15) is 37.0 Å². The number of carbonyl (C=O) groups is 1. The van der Waals surface area contributed by atoms with Gasteiger partial charge in [0, 0.05) is 30.2 Å². The average molecular weight is 344 g/mol. The van der Waals surface area contributed by atoms with Crippen molar-refractivity contribution in [1.29, 1.82) is 0 Å². The Morgan fingerprint density at radius 3 is 2.67 bits per heavy atom. The van der Waals surface area contributed by atoms with Crippen molar-refractivity contribution in [1.82, 2.24) is 24.5 Å². The quantitative estimate of drug-likeness (QED) is 0.742. The molecule has 3 heterocycles. The Hall–Kier alpha value is -2.48. The van der Waals surface area contributed by atoms with E-state index in [1.807, 2.05) is 10.3 Å². The van der Waals surface area contributed by atoms with E-state index in [0.717, 1.165) is 30.9 Å². The predicted molar refractivity (Wildman–Crippen MR) is 95.0 cm³/mol. The van der Waals surface area contributed by atoms with Crippen LogP contribution in [0.25, 0.3) is 16.5 Å². The van der Waals surface area contributed by atoms with Gasteiger partial charge in [0.05, 0.1) is 0 Å². The Labute approximate surface area is 144 Å². The van der Waals surface area contributed by atoms with Crippen molar-refractivity contribution in [2.75, 3.05) is 18.8 Å². The minimum Gasteiger partial charge on any atom is -0.384 e. The van der Waals surface area contributed by atoms with Gasteiger partial charge in [-0.05, 0) is 25.0 Å². The fourth-order valence-electron chi connectivity index (χ4n) is 2.59. The number of hydrogen-bond donors (Lipinski definition) is 1. The average Bonchev–Trinajstić information content (AvgIpc) is 3.23. The number of thiazole rings is 1. The molecule has 0 radical (unpaired) electrons. The van der Waals surface area contributed by atoms with Crippen molar-refractivity contribution in [2.45, 2.75) is 26.7 Å². The summed E-state index contributed by atoms with van der Waals surface area (Å²) in [4.78, 5) is 23.3. The van der Waals surface area contributed by atoms with Crippen molar-refractivity contribution < 1.29 is 4.79 Å². The monoisotopic (exact) mass is 344 g/mol. The SMILES string of the molecule is CCCN(CCC)C(=O)c1cc(N)n2nc(-c3nccs3)nc2c1. The summed E-state index contributed by atoms with van der Waals surface area (Å²) in [6.45, 7) is 5.59. The molecule has 3 rings (SSSR count). The van der Waals surface area contributed by atoms with Crippen LogP contribution in [0.4, 0.5) is 5.82 Å². The Balaban J connectivity index is 1.99. The Morgan fingerprint density at radius 1 is 1.29 bits per heavy atom. The van der Waals surface area contributed by atoms with E-state index in [1.54, 1.807) is 18.3 Å². The molecule has 1 amide bonds. The number of aromatic nitrogens is 4. The minimum absolute atomic E-state index is 0.0216. The summed E-state index contributed by atoms with van der Waals surface area (Å²) >= 11 is 1.46. The van der Waals surface area contributed by atoms with E-state index in [0.29, 0.717) is 22.9 Å². The maximum absolute atomic E-state index is 12.8. The van der Waals surface area contributed by atoms with Crippen LogP contribution in [0.15, 0.2) is 23.7 Å². The molecule has 0 bridgehead atoms. The lowest BCUT2D eigenvalue weighted by Gasteiger charge is -2.21. The lowest BCUT2D eigenvalue weighted by molar-refractivity contribution is 0.0755. The van der Waals surface area contributed by atoms with Gasteiger partial charge in [-0.15, -0.1) is 16.4 Å². The molecule has 0 unspecified atom stereocenters. The molecule has 126 valence electrons. The van der Waals surface area contributed by atoms with Crippen LogP contribution in [-0.4, -0.2) is 43.5 Å². The first-order valence-corrected chi connectivity index (χ1v) is 8.87. The third-order valence-electron chi connectivity index (χ3n) is 3.61. The number of rotatable bonds is 6. The predicted octanol–water partition coefficient (Wildman–Crippen LogP) is 2.70. The van der Waals surface area contributed by atoms with Crippen molar-refractivity contribution in [2.24, 2.45) is 0 Å². The second-order valence-electron chi connectivity index (χ2n) is 5.50. The number of nitrogens with two attached hydrogens (primary N) is 1.